The lowest BCUT2D eigenvalue weighted by Crippen LogP contribution is -2.43. The fourth-order valence-electron chi connectivity index (χ4n) is 3.66. The summed E-state index contributed by atoms with van der Waals surface area (Å²) in [6.07, 6.45) is 5.08. The van der Waals surface area contributed by atoms with Crippen molar-refractivity contribution in [2.24, 2.45) is 0 Å². The number of benzene rings is 1. The molecule has 1 aromatic carbocycles. The third-order valence-electron chi connectivity index (χ3n) is 5.15. The van der Waals surface area contributed by atoms with E-state index in [0.717, 1.165) is 47.5 Å². The molecule has 1 N–H and O–H groups in total. The third-order valence-corrected chi connectivity index (χ3v) is 5.15. The van der Waals surface area contributed by atoms with Crippen molar-refractivity contribution in [2.45, 2.75) is 25.4 Å². The molecule has 1 unspecified atom stereocenters. The van der Waals surface area contributed by atoms with Crippen LogP contribution in [0.5, 0.6) is 0 Å². The molecule has 1 fully saturated rings. The van der Waals surface area contributed by atoms with E-state index in [-0.39, 0.29) is 11.9 Å². The molecule has 1 atom stereocenters. The van der Waals surface area contributed by atoms with Crippen molar-refractivity contribution in [3.63, 3.8) is 0 Å². The smallest absolute Gasteiger partial charge is 0.299 e. The average Bonchev–Trinajstić information content (AvgIpc) is 3.52. The molecule has 4 aromatic rings. The van der Waals surface area contributed by atoms with Crippen LogP contribution in [0.3, 0.4) is 0 Å². The maximum Gasteiger partial charge on any atom is 0.299 e. The Morgan fingerprint density at radius 2 is 2.10 bits per heavy atom. The van der Waals surface area contributed by atoms with Gasteiger partial charge in [0.15, 0.2) is 11.3 Å². The number of fused-ring (bicyclic) bond motifs is 1. The van der Waals surface area contributed by atoms with Gasteiger partial charge in [-0.2, -0.15) is 4.98 Å². The van der Waals surface area contributed by atoms with Crippen molar-refractivity contribution >= 4 is 23.0 Å². The first kappa shape index (κ1) is 17.5. The molecule has 0 bridgehead atoms. The molecule has 0 spiro atoms. The standard InChI is InChI=1S/C22H20N4O3/c27-21(24-14-15-9-10-16(23-13-15)19-8-4-12-28-19)18-6-3-11-26(18)22-25-17-5-1-2-7-20(17)29-22/h1-2,4-5,7-10,12-13,18H,3,6,11,14H2,(H,24,27). The van der Waals surface area contributed by atoms with Gasteiger partial charge in [-0.3, -0.25) is 9.78 Å². The highest BCUT2D eigenvalue weighted by atomic mass is 16.4. The largest absolute Gasteiger partial charge is 0.463 e. The zero-order valence-electron chi connectivity index (χ0n) is 15.7. The lowest BCUT2D eigenvalue weighted by Gasteiger charge is -2.21. The van der Waals surface area contributed by atoms with Gasteiger partial charge in [-0.1, -0.05) is 18.2 Å². The van der Waals surface area contributed by atoms with Gasteiger partial charge in [0.2, 0.25) is 5.91 Å². The molecule has 0 aliphatic carbocycles. The van der Waals surface area contributed by atoms with Gasteiger partial charge in [-0.05, 0) is 48.7 Å². The Kier molecular flexibility index (Phi) is 4.48. The van der Waals surface area contributed by atoms with Crippen LogP contribution < -0.4 is 10.2 Å². The molecule has 3 aromatic heterocycles. The Morgan fingerprint density at radius 3 is 2.90 bits per heavy atom. The fourth-order valence-corrected chi connectivity index (χ4v) is 3.66. The quantitative estimate of drug-likeness (QED) is 0.560. The van der Waals surface area contributed by atoms with Crippen molar-refractivity contribution in [3.8, 4) is 11.5 Å². The molecular formula is C22H20N4O3. The van der Waals surface area contributed by atoms with Crippen LogP contribution in [-0.2, 0) is 11.3 Å². The number of furan rings is 1. The Labute approximate surface area is 167 Å². The predicted molar refractivity (Wildman–Crippen MR) is 108 cm³/mol. The summed E-state index contributed by atoms with van der Waals surface area (Å²) >= 11 is 0. The number of carbonyl (C=O) groups excluding carboxylic acids is 1. The molecule has 7 nitrogen and oxygen atoms in total. The van der Waals surface area contributed by atoms with Gasteiger partial charge in [0.25, 0.3) is 6.01 Å². The van der Waals surface area contributed by atoms with E-state index in [1.165, 1.54) is 0 Å². The minimum Gasteiger partial charge on any atom is -0.463 e. The second kappa shape index (κ2) is 7.43. The number of anilines is 1. The number of aromatic nitrogens is 2. The zero-order valence-corrected chi connectivity index (χ0v) is 15.7. The zero-order chi connectivity index (χ0) is 19.6. The first-order valence-electron chi connectivity index (χ1n) is 9.67. The van der Waals surface area contributed by atoms with E-state index in [0.29, 0.717) is 12.6 Å². The fraction of sp³-hybridized carbons (Fsp3) is 0.227. The van der Waals surface area contributed by atoms with Crippen LogP contribution >= 0.6 is 0 Å². The van der Waals surface area contributed by atoms with Crippen molar-refractivity contribution < 1.29 is 13.6 Å². The van der Waals surface area contributed by atoms with E-state index < -0.39 is 0 Å². The van der Waals surface area contributed by atoms with Crippen LogP contribution in [-0.4, -0.2) is 28.5 Å². The van der Waals surface area contributed by atoms with E-state index in [9.17, 15) is 4.79 Å². The van der Waals surface area contributed by atoms with E-state index in [4.69, 9.17) is 8.83 Å². The van der Waals surface area contributed by atoms with Gasteiger partial charge in [-0.25, -0.2) is 0 Å². The van der Waals surface area contributed by atoms with Gasteiger partial charge in [0.05, 0.1) is 6.26 Å². The average molecular weight is 388 g/mol. The summed E-state index contributed by atoms with van der Waals surface area (Å²) in [6, 6.07) is 15.4. The minimum atomic E-state index is -0.279. The minimum absolute atomic E-state index is 0.0279. The van der Waals surface area contributed by atoms with Crippen molar-refractivity contribution in [1.29, 1.82) is 0 Å². The Balaban J connectivity index is 1.25. The number of para-hydroxylation sites is 2. The maximum atomic E-state index is 12.8. The van der Waals surface area contributed by atoms with Crippen molar-refractivity contribution in [3.05, 3.63) is 66.6 Å². The molecule has 0 radical (unpaired) electrons. The van der Waals surface area contributed by atoms with Crippen LogP contribution in [0.25, 0.3) is 22.6 Å². The van der Waals surface area contributed by atoms with Crippen LogP contribution in [0.4, 0.5) is 6.01 Å². The summed E-state index contributed by atoms with van der Waals surface area (Å²) in [5.74, 6) is 0.695. The number of pyridine rings is 1. The number of nitrogens with one attached hydrogen (secondary N) is 1. The third kappa shape index (κ3) is 3.47. The van der Waals surface area contributed by atoms with Crippen molar-refractivity contribution in [2.75, 3.05) is 11.4 Å². The van der Waals surface area contributed by atoms with E-state index in [2.05, 4.69) is 15.3 Å². The molecule has 29 heavy (non-hydrogen) atoms. The molecular weight excluding hydrogens is 368 g/mol. The van der Waals surface area contributed by atoms with Gasteiger partial charge in [0, 0.05) is 19.3 Å². The normalized spacial score (nSPS) is 16.4. The summed E-state index contributed by atoms with van der Waals surface area (Å²) in [6.45, 7) is 1.17. The van der Waals surface area contributed by atoms with Gasteiger partial charge in [0.1, 0.15) is 17.3 Å². The number of nitrogens with zero attached hydrogens (tertiary/aromatic N) is 3. The summed E-state index contributed by atoms with van der Waals surface area (Å²) in [4.78, 5) is 23.7. The highest BCUT2D eigenvalue weighted by Crippen LogP contribution is 2.28. The van der Waals surface area contributed by atoms with E-state index in [1.807, 2.05) is 53.4 Å². The lowest BCUT2D eigenvalue weighted by molar-refractivity contribution is -0.122. The molecule has 5 rings (SSSR count). The van der Waals surface area contributed by atoms with Crippen LogP contribution in [0.2, 0.25) is 0 Å². The van der Waals surface area contributed by atoms with E-state index >= 15 is 0 Å². The Bertz CT molecular complexity index is 1090. The monoisotopic (exact) mass is 388 g/mol. The number of hydrogen-bond donors (Lipinski definition) is 1. The SMILES string of the molecule is O=C(NCc1ccc(-c2ccco2)nc1)C1CCCN1c1nc2ccccc2o1. The van der Waals surface area contributed by atoms with Gasteiger partial charge < -0.3 is 19.1 Å². The summed E-state index contributed by atoms with van der Waals surface area (Å²) in [5, 5.41) is 3.02. The number of hydrogen-bond acceptors (Lipinski definition) is 6. The summed E-state index contributed by atoms with van der Waals surface area (Å²) in [5.41, 5.74) is 3.23. The topological polar surface area (TPSA) is 84.4 Å². The summed E-state index contributed by atoms with van der Waals surface area (Å²) in [7, 11) is 0. The first-order valence-corrected chi connectivity index (χ1v) is 9.67. The van der Waals surface area contributed by atoms with Crippen molar-refractivity contribution in [1.82, 2.24) is 15.3 Å². The first-order chi connectivity index (χ1) is 14.3. The molecule has 1 aliphatic heterocycles. The van der Waals surface area contributed by atoms with Crippen LogP contribution in [0.1, 0.15) is 18.4 Å². The maximum absolute atomic E-state index is 12.8. The molecule has 1 aliphatic rings. The van der Waals surface area contributed by atoms with Gasteiger partial charge in [-0.15, -0.1) is 0 Å². The van der Waals surface area contributed by atoms with E-state index in [1.54, 1.807) is 12.5 Å². The molecule has 4 heterocycles. The molecule has 0 saturated carbocycles. The van der Waals surface area contributed by atoms with Gasteiger partial charge >= 0.3 is 0 Å². The highest BCUT2D eigenvalue weighted by molar-refractivity contribution is 5.85. The summed E-state index contributed by atoms with van der Waals surface area (Å²) < 4.78 is 11.2. The Morgan fingerprint density at radius 1 is 1.17 bits per heavy atom. The number of rotatable bonds is 5. The molecule has 146 valence electrons. The predicted octanol–water partition coefficient (Wildman–Crippen LogP) is 3.77. The lowest BCUT2D eigenvalue weighted by atomic mass is 10.2. The Hall–Kier alpha value is -3.61. The number of oxazole rings is 1. The molecule has 1 saturated heterocycles. The second-order valence-electron chi connectivity index (χ2n) is 7.06. The number of amides is 1. The molecule has 7 heteroatoms. The highest BCUT2D eigenvalue weighted by Gasteiger charge is 2.33. The second-order valence-corrected chi connectivity index (χ2v) is 7.06. The molecule has 1 amide bonds. The van der Waals surface area contributed by atoms with Crippen LogP contribution in [0.15, 0.2) is 69.8 Å². The van der Waals surface area contributed by atoms with Crippen LogP contribution in [0, 0.1) is 0 Å². The number of carbonyl (C=O) groups is 1.